The molecule has 0 radical (unpaired) electrons. The minimum Gasteiger partial charge on any atom is -0.454 e. The Balaban J connectivity index is 1.75. The number of nitro groups is 1. The highest BCUT2D eigenvalue weighted by molar-refractivity contribution is 5.69. The van der Waals surface area contributed by atoms with Gasteiger partial charge in [-0.3, -0.25) is 10.1 Å². The molecule has 1 aromatic rings. The topological polar surface area (TPSA) is 85.7 Å². The van der Waals surface area contributed by atoms with E-state index in [2.05, 4.69) is 10.6 Å². The summed E-state index contributed by atoms with van der Waals surface area (Å²) in [6, 6.07) is 3.70. The zero-order valence-corrected chi connectivity index (χ0v) is 11.9. The fourth-order valence-corrected chi connectivity index (χ4v) is 2.91. The van der Waals surface area contributed by atoms with Crippen molar-refractivity contribution >= 4 is 11.4 Å². The third-order valence-corrected chi connectivity index (χ3v) is 3.89. The van der Waals surface area contributed by atoms with Crippen LogP contribution in [-0.2, 0) is 0 Å². The Hall–Kier alpha value is -2.02. The molecule has 2 aliphatic heterocycles. The zero-order valence-electron chi connectivity index (χ0n) is 11.9. The number of nitro benzene ring substituents is 1. The number of rotatable bonds is 5. The van der Waals surface area contributed by atoms with Crippen LogP contribution < -0.4 is 20.1 Å². The Morgan fingerprint density at radius 2 is 2.24 bits per heavy atom. The third kappa shape index (κ3) is 3.02. The summed E-state index contributed by atoms with van der Waals surface area (Å²) in [5.41, 5.74) is 0.500. The van der Waals surface area contributed by atoms with E-state index in [1.54, 1.807) is 6.07 Å². The monoisotopic (exact) mass is 293 g/mol. The second-order valence-corrected chi connectivity index (χ2v) is 5.55. The van der Waals surface area contributed by atoms with Crippen molar-refractivity contribution in [2.75, 3.05) is 18.7 Å². The van der Waals surface area contributed by atoms with E-state index in [-0.39, 0.29) is 18.5 Å². The highest BCUT2D eigenvalue weighted by Gasteiger charge is 2.25. The maximum atomic E-state index is 11.2. The molecule has 0 aromatic heterocycles. The molecule has 7 heteroatoms. The van der Waals surface area contributed by atoms with Gasteiger partial charge < -0.3 is 20.1 Å². The number of benzene rings is 1. The predicted octanol–water partition coefficient (Wildman–Crippen LogP) is 2.27. The van der Waals surface area contributed by atoms with E-state index >= 15 is 0 Å². The molecule has 0 saturated carbocycles. The maximum Gasteiger partial charge on any atom is 0.296 e. The first-order valence-corrected chi connectivity index (χ1v) is 7.21. The standard InChI is InChI=1S/C14H19N3O4/c1-9(5-10-3-2-4-15-10)16-11-6-13-14(21-8-20-13)7-12(11)17(18)19/h6-7,9-10,15-16H,2-5,8H2,1H3. The van der Waals surface area contributed by atoms with Gasteiger partial charge in [-0.2, -0.15) is 0 Å². The molecule has 1 fully saturated rings. The second-order valence-electron chi connectivity index (χ2n) is 5.55. The van der Waals surface area contributed by atoms with Gasteiger partial charge in [0.25, 0.3) is 5.69 Å². The Labute approximate surface area is 122 Å². The Bertz CT molecular complexity index is 543. The van der Waals surface area contributed by atoms with E-state index in [0.717, 1.165) is 19.4 Å². The molecule has 114 valence electrons. The lowest BCUT2D eigenvalue weighted by molar-refractivity contribution is -0.384. The number of hydrogen-bond acceptors (Lipinski definition) is 6. The summed E-state index contributed by atoms with van der Waals surface area (Å²) in [7, 11) is 0. The number of nitrogens with one attached hydrogen (secondary N) is 2. The first-order chi connectivity index (χ1) is 10.1. The predicted molar refractivity (Wildman–Crippen MR) is 77.9 cm³/mol. The molecule has 2 heterocycles. The molecule has 1 aromatic carbocycles. The molecule has 0 amide bonds. The lowest BCUT2D eigenvalue weighted by Crippen LogP contribution is -2.29. The summed E-state index contributed by atoms with van der Waals surface area (Å²) in [5, 5.41) is 17.9. The normalized spacial score (nSPS) is 21.3. The van der Waals surface area contributed by atoms with Crippen molar-refractivity contribution in [1.82, 2.24) is 5.32 Å². The van der Waals surface area contributed by atoms with Crippen LogP contribution in [0.5, 0.6) is 11.5 Å². The van der Waals surface area contributed by atoms with Crippen molar-refractivity contribution in [2.45, 2.75) is 38.3 Å². The van der Waals surface area contributed by atoms with Crippen molar-refractivity contribution in [1.29, 1.82) is 0 Å². The highest BCUT2D eigenvalue weighted by atomic mass is 16.7. The Morgan fingerprint density at radius 3 is 2.90 bits per heavy atom. The van der Waals surface area contributed by atoms with Crippen LogP contribution in [0.2, 0.25) is 0 Å². The Morgan fingerprint density at radius 1 is 1.48 bits per heavy atom. The molecule has 2 aliphatic rings. The van der Waals surface area contributed by atoms with Gasteiger partial charge in [-0.1, -0.05) is 0 Å². The van der Waals surface area contributed by atoms with Gasteiger partial charge >= 0.3 is 0 Å². The maximum absolute atomic E-state index is 11.2. The van der Waals surface area contributed by atoms with Gasteiger partial charge in [0, 0.05) is 18.2 Å². The molecule has 2 atom stereocenters. The van der Waals surface area contributed by atoms with E-state index in [1.165, 1.54) is 12.5 Å². The molecule has 2 unspecified atom stereocenters. The quantitative estimate of drug-likeness (QED) is 0.640. The fraction of sp³-hybridized carbons (Fsp3) is 0.571. The average Bonchev–Trinajstić information content (AvgIpc) is 3.07. The minimum atomic E-state index is -0.398. The summed E-state index contributed by atoms with van der Waals surface area (Å²) in [6.07, 6.45) is 3.29. The molecule has 0 spiro atoms. The van der Waals surface area contributed by atoms with E-state index < -0.39 is 4.92 Å². The van der Waals surface area contributed by atoms with E-state index in [9.17, 15) is 10.1 Å². The molecule has 3 rings (SSSR count). The SMILES string of the molecule is CC(CC1CCCN1)Nc1cc2c(cc1[N+](=O)[O-])OCO2. The summed E-state index contributed by atoms with van der Waals surface area (Å²) in [6.45, 7) is 3.20. The van der Waals surface area contributed by atoms with Gasteiger partial charge in [-0.25, -0.2) is 0 Å². The minimum absolute atomic E-state index is 0.0190. The van der Waals surface area contributed by atoms with Crippen molar-refractivity contribution in [3.8, 4) is 11.5 Å². The van der Waals surface area contributed by atoms with Crippen LogP contribution in [0.4, 0.5) is 11.4 Å². The molecule has 0 aliphatic carbocycles. The van der Waals surface area contributed by atoms with Crippen LogP contribution in [-0.4, -0.2) is 30.3 Å². The van der Waals surface area contributed by atoms with Gasteiger partial charge in [-0.15, -0.1) is 0 Å². The Kier molecular flexibility index (Phi) is 3.83. The van der Waals surface area contributed by atoms with Crippen molar-refractivity contribution in [3.63, 3.8) is 0 Å². The third-order valence-electron chi connectivity index (χ3n) is 3.89. The van der Waals surface area contributed by atoms with Crippen LogP contribution >= 0.6 is 0 Å². The van der Waals surface area contributed by atoms with Crippen LogP contribution in [0, 0.1) is 10.1 Å². The molecular weight excluding hydrogens is 274 g/mol. The number of nitrogens with zero attached hydrogens (tertiary/aromatic N) is 1. The van der Waals surface area contributed by atoms with Crippen molar-refractivity contribution in [2.24, 2.45) is 0 Å². The van der Waals surface area contributed by atoms with Gasteiger partial charge in [0.15, 0.2) is 11.5 Å². The molecular formula is C14H19N3O4. The van der Waals surface area contributed by atoms with E-state index in [1.807, 2.05) is 6.92 Å². The van der Waals surface area contributed by atoms with Crippen LogP contribution in [0.3, 0.4) is 0 Å². The second kappa shape index (κ2) is 5.77. The molecule has 2 N–H and O–H groups in total. The van der Waals surface area contributed by atoms with Crippen LogP contribution in [0.15, 0.2) is 12.1 Å². The average molecular weight is 293 g/mol. The first kappa shape index (κ1) is 13.9. The molecule has 0 bridgehead atoms. The molecule has 1 saturated heterocycles. The fourth-order valence-electron chi connectivity index (χ4n) is 2.91. The zero-order chi connectivity index (χ0) is 14.8. The lowest BCUT2D eigenvalue weighted by atomic mass is 10.1. The largest absolute Gasteiger partial charge is 0.454 e. The first-order valence-electron chi connectivity index (χ1n) is 7.21. The summed E-state index contributed by atoms with van der Waals surface area (Å²) >= 11 is 0. The number of hydrogen-bond donors (Lipinski definition) is 2. The number of anilines is 1. The summed E-state index contributed by atoms with van der Waals surface area (Å²) in [4.78, 5) is 10.8. The van der Waals surface area contributed by atoms with E-state index in [0.29, 0.717) is 23.2 Å². The lowest BCUT2D eigenvalue weighted by Gasteiger charge is -2.19. The number of fused-ring (bicyclic) bond motifs is 1. The highest BCUT2D eigenvalue weighted by Crippen LogP contribution is 2.40. The summed E-state index contributed by atoms with van der Waals surface area (Å²) in [5.74, 6) is 0.978. The van der Waals surface area contributed by atoms with Gasteiger partial charge in [0.1, 0.15) is 5.69 Å². The smallest absolute Gasteiger partial charge is 0.296 e. The number of ether oxygens (including phenoxy) is 2. The van der Waals surface area contributed by atoms with Gasteiger partial charge in [0.05, 0.1) is 11.0 Å². The summed E-state index contributed by atoms with van der Waals surface area (Å²) < 4.78 is 10.5. The van der Waals surface area contributed by atoms with Gasteiger partial charge in [0.2, 0.25) is 6.79 Å². The van der Waals surface area contributed by atoms with Crippen LogP contribution in [0.1, 0.15) is 26.2 Å². The van der Waals surface area contributed by atoms with Gasteiger partial charge in [-0.05, 0) is 32.7 Å². The van der Waals surface area contributed by atoms with E-state index in [4.69, 9.17) is 9.47 Å². The van der Waals surface area contributed by atoms with Crippen molar-refractivity contribution < 1.29 is 14.4 Å². The van der Waals surface area contributed by atoms with Crippen LogP contribution in [0.25, 0.3) is 0 Å². The molecule has 21 heavy (non-hydrogen) atoms. The van der Waals surface area contributed by atoms with Crippen molar-refractivity contribution in [3.05, 3.63) is 22.2 Å². The molecule has 7 nitrogen and oxygen atoms in total.